The van der Waals surface area contributed by atoms with Crippen molar-refractivity contribution in [1.82, 2.24) is 4.72 Å². The molecular formula is C12H16BrNO4S. The maximum Gasteiger partial charge on any atom is 0.322 e. The first-order chi connectivity index (χ1) is 8.79. The number of hydrogen-bond donors (Lipinski definition) is 2. The molecular weight excluding hydrogens is 334 g/mol. The lowest BCUT2D eigenvalue weighted by atomic mass is 10.0. The molecule has 0 heterocycles. The number of carboxylic acid groups (broad SMARTS) is 1. The second kappa shape index (κ2) is 6.49. The molecule has 0 spiro atoms. The van der Waals surface area contributed by atoms with Gasteiger partial charge in [-0.15, -0.1) is 0 Å². The zero-order chi connectivity index (χ0) is 14.6. The van der Waals surface area contributed by atoms with Gasteiger partial charge >= 0.3 is 5.97 Å². The standard InChI is InChI=1S/C12H16BrNO4S/c1-3-8(2)11(12(15)16)14-19(17,18)10-7-5-4-6-9(10)13/h4-8,11,14H,3H2,1-2H3,(H,15,16)/t8-,11-/m0/s1. The zero-order valence-corrected chi connectivity index (χ0v) is 13.0. The topological polar surface area (TPSA) is 83.5 Å². The molecule has 19 heavy (non-hydrogen) atoms. The summed E-state index contributed by atoms with van der Waals surface area (Å²) < 4.78 is 27.0. The molecule has 0 fully saturated rings. The molecule has 0 radical (unpaired) electrons. The van der Waals surface area contributed by atoms with E-state index >= 15 is 0 Å². The molecule has 0 saturated carbocycles. The maximum atomic E-state index is 12.2. The van der Waals surface area contributed by atoms with Crippen molar-refractivity contribution < 1.29 is 18.3 Å². The van der Waals surface area contributed by atoms with Crippen molar-refractivity contribution in [2.75, 3.05) is 0 Å². The molecule has 0 aromatic heterocycles. The largest absolute Gasteiger partial charge is 0.480 e. The Balaban J connectivity index is 3.08. The summed E-state index contributed by atoms with van der Waals surface area (Å²) in [4.78, 5) is 11.2. The van der Waals surface area contributed by atoms with Gasteiger partial charge in [0.25, 0.3) is 0 Å². The third-order valence-electron chi connectivity index (χ3n) is 2.89. The Hall–Kier alpha value is -0.920. The highest BCUT2D eigenvalue weighted by Gasteiger charge is 2.30. The molecule has 0 saturated heterocycles. The number of rotatable bonds is 6. The van der Waals surface area contributed by atoms with Gasteiger partial charge in [-0.2, -0.15) is 4.72 Å². The van der Waals surface area contributed by atoms with Gasteiger partial charge in [0.1, 0.15) is 6.04 Å². The lowest BCUT2D eigenvalue weighted by Gasteiger charge is -2.20. The first-order valence-electron chi connectivity index (χ1n) is 5.79. The fraction of sp³-hybridized carbons (Fsp3) is 0.417. The predicted octanol–water partition coefficient (Wildman–Crippen LogP) is 2.23. The number of halogens is 1. The summed E-state index contributed by atoms with van der Waals surface area (Å²) in [6.45, 7) is 3.51. The second-order valence-electron chi connectivity index (χ2n) is 4.25. The number of sulfonamides is 1. The molecule has 0 aliphatic rings. The van der Waals surface area contributed by atoms with Crippen LogP contribution >= 0.6 is 15.9 Å². The summed E-state index contributed by atoms with van der Waals surface area (Å²) in [5.41, 5.74) is 0. The van der Waals surface area contributed by atoms with E-state index in [9.17, 15) is 13.2 Å². The molecule has 1 aromatic carbocycles. The zero-order valence-electron chi connectivity index (χ0n) is 10.6. The first-order valence-corrected chi connectivity index (χ1v) is 8.07. The van der Waals surface area contributed by atoms with Crippen LogP contribution in [-0.2, 0) is 14.8 Å². The Bertz CT molecular complexity index is 559. The van der Waals surface area contributed by atoms with Crippen molar-refractivity contribution >= 4 is 31.9 Å². The van der Waals surface area contributed by atoms with Gasteiger partial charge in [-0.3, -0.25) is 4.79 Å². The molecule has 7 heteroatoms. The van der Waals surface area contributed by atoms with Gasteiger partial charge in [-0.05, 0) is 34.0 Å². The summed E-state index contributed by atoms with van der Waals surface area (Å²) in [7, 11) is -3.87. The number of nitrogens with one attached hydrogen (secondary N) is 1. The van der Waals surface area contributed by atoms with Crippen LogP contribution in [0.25, 0.3) is 0 Å². The minimum atomic E-state index is -3.87. The average molecular weight is 350 g/mol. The van der Waals surface area contributed by atoms with Gasteiger partial charge in [-0.25, -0.2) is 8.42 Å². The van der Waals surface area contributed by atoms with Crippen molar-refractivity contribution in [3.63, 3.8) is 0 Å². The molecule has 0 aliphatic heterocycles. The minimum Gasteiger partial charge on any atom is -0.480 e. The van der Waals surface area contributed by atoms with E-state index in [1.165, 1.54) is 6.07 Å². The lowest BCUT2D eigenvalue weighted by molar-refractivity contribution is -0.140. The fourth-order valence-electron chi connectivity index (χ4n) is 1.54. The summed E-state index contributed by atoms with van der Waals surface area (Å²) in [5, 5.41) is 9.12. The van der Waals surface area contributed by atoms with E-state index in [0.29, 0.717) is 10.9 Å². The number of carboxylic acids is 1. The van der Waals surface area contributed by atoms with E-state index in [1.54, 1.807) is 25.1 Å². The normalized spacial score (nSPS) is 14.9. The van der Waals surface area contributed by atoms with Gasteiger partial charge in [0, 0.05) is 4.47 Å². The minimum absolute atomic E-state index is 0.0320. The van der Waals surface area contributed by atoms with Crippen LogP contribution in [0.5, 0.6) is 0 Å². The number of aliphatic carboxylic acids is 1. The van der Waals surface area contributed by atoms with Crippen molar-refractivity contribution in [1.29, 1.82) is 0 Å². The van der Waals surface area contributed by atoms with Crippen molar-refractivity contribution in [3.8, 4) is 0 Å². The molecule has 106 valence electrons. The van der Waals surface area contributed by atoms with Crippen molar-refractivity contribution in [3.05, 3.63) is 28.7 Å². The predicted molar refractivity (Wildman–Crippen MR) is 75.3 cm³/mol. The van der Waals surface area contributed by atoms with Crippen LogP contribution in [0.4, 0.5) is 0 Å². The molecule has 0 bridgehead atoms. The van der Waals surface area contributed by atoms with Gasteiger partial charge in [0.15, 0.2) is 0 Å². The Morgan fingerprint density at radius 2 is 2.00 bits per heavy atom. The second-order valence-corrected chi connectivity index (χ2v) is 6.79. The van der Waals surface area contributed by atoms with Gasteiger partial charge in [0.2, 0.25) is 10.0 Å². The molecule has 2 N–H and O–H groups in total. The third-order valence-corrected chi connectivity index (χ3v) is 5.34. The Morgan fingerprint density at radius 1 is 1.42 bits per heavy atom. The van der Waals surface area contributed by atoms with E-state index in [4.69, 9.17) is 5.11 Å². The molecule has 1 aromatic rings. The summed E-state index contributed by atoms with van der Waals surface area (Å²) in [6, 6.07) is 5.14. The van der Waals surface area contributed by atoms with E-state index in [-0.39, 0.29) is 10.8 Å². The lowest BCUT2D eigenvalue weighted by Crippen LogP contribution is -2.44. The highest BCUT2D eigenvalue weighted by molar-refractivity contribution is 9.10. The molecule has 0 unspecified atom stereocenters. The Morgan fingerprint density at radius 3 is 2.47 bits per heavy atom. The van der Waals surface area contributed by atoms with Gasteiger partial charge < -0.3 is 5.11 Å². The SMILES string of the molecule is CC[C@H](C)[C@H](NS(=O)(=O)c1ccccc1Br)C(=O)O. The Labute approximate surface area is 121 Å². The molecule has 1 rings (SSSR count). The smallest absolute Gasteiger partial charge is 0.322 e. The highest BCUT2D eigenvalue weighted by atomic mass is 79.9. The fourth-order valence-corrected chi connectivity index (χ4v) is 3.84. The molecule has 2 atom stereocenters. The van der Waals surface area contributed by atoms with E-state index in [2.05, 4.69) is 20.7 Å². The Kier molecular flexibility index (Phi) is 5.51. The van der Waals surface area contributed by atoms with E-state index < -0.39 is 22.0 Å². The monoisotopic (exact) mass is 349 g/mol. The van der Waals surface area contributed by atoms with E-state index in [0.717, 1.165) is 0 Å². The first kappa shape index (κ1) is 16.1. The quantitative estimate of drug-likeness (QED) is 0.824. The van der Waals surface area contributed by atoms with Crippen molar-refractivity contribution in [2.45, 2.75) is 31.2 Å². The average Bonchev–Trinajstić information content (AvgIpc) is 2.35. The maximum absolute atomic E-state index is 12.2. The number of benzene rings is 1. The van der Waals surface area contributed by atoms with Gasteiger partial charge in [0.05, 0.1) is 4.90 Å². The summed E-state index contributed by atoms with van der Waals surface area (Å²) >= 11 is 3.15. The van der Waals surface area contributed by atoms with Crippen LogP contribution < -0.4 is 4.72 Å². The van der Waals surface area contributed by atoms with Crippen LogP contribution in [-0.4, -0.2) is 25.5 Å². The number of carbonyl (C=O) groups is 1. The van der Waals surface area contributed by atoms with Crippen LogP contribution in [0.3, 0.4) is 0 Å². The van der Waals surface area contributed by atoms with Gasteiger partial charge in [-0.1, -0.05) is 32.4 Å². The van der Waals surface area contributed by atoms with E-state index in [1.807, 2.05) is 6.92 Å². The van der Waals surface area contributed by atoms with Crippen LogP contribution in [0.1, 0.15) is 20.3 Å². The third kappa shape index (κ3) is 4.02. The highest BCUT2D eigenvalue weighted by Crippen LogP contribution is 2.22. The summed E-state index contributed by atoms with van der Waals surface area (Å²) in [5.74, 6) is -1.47. The van der Waals surface area contributed by atoms with Crippen molar-refractivity contribution in [2.24, 2.45) is 5.92 Å². The number of hydrogen-bond acceptors (Lipinski definition) is 3. The van der Waals surface area contributed by atoms with Crippen LogP contribution in [0.15, 0.2) is 33.6 Å². The summed E-state index contributed by atoms with van der Waals surface area (Å²) in [6.07, 6.45) is 0.565. The molecule has 0 amide bonds. The van der Waals surface area contributed by atoms with Crippen LogP contribution in [0, 0.1) is 5.92 Å². The van der Waals surface area contributed by atoms with Crippen LogP contribution in [0.2, 0.25) is 0 Å². The molecule has 0 aliphatic carbocycles. The molecule has 5 nitrogen and oxygen atoms in total.